The largest absolute Gasteiger partial charge is 0.467 e. The van der Waals surface area contributed by atoms with Gasteiger partial charge in [-0.3, -0.25) is 30.6 Å². The van der Waals surface area contributed by atoms with Crippen molar-refractivity contribution in [3.05, 3.63) is 74.3 Å². The molecule has 10 heteroatoms. The van der Waals surface area contributed by atoms with E-state index in [-0.39, 0.29) is 19.1 Å². The zero-order valence-corrected chi connectivity index (χ0v) is 15.1. The molecule has 28 heavy (non-hydrogen) atoms. The number of amides is 2. The Kier molecular flexibility index (Phi) is 5.87. The molecule has 1 heterocycles. The third kappa shape index (κ3) is 4.64. The van der Waals surface area contributed by atoms with Crippen LogP contribution in [0.1, 0.15) is 21.5 Å². The fourth-order valence-corrected chi connectivity index (χ4v) is 2.59. The molecule has 0 unspecified atom stereocenters. The highest BCUT2D eigenvalue weighted by Gasteiger charge is 2.19. The van der Waals surface area contributed by atoms with Gasteiger partial charge in [-0.1, -0.05) is 11.6 Å². The standard InChI is InChI=1S/C18H14ClN3O6/c19-14-4-1-11(2-5-14)18(24)21-20-16(23)6-3-12-7-15(22(25)26)8-13-9-27-10-28-17(12)13/h1-8H,9-10H2,(H,20,23)(H,21,24)/b6-3+. The minimum Gasteiger partial charge on any atom is -0.467 e. The lowest BCUT2D eigenvalue weighted by Crippen LogP contribution is -2.40. The fraction of sp³-hybridized carbons (Fsp3) is 0.111. The van der Waals surface area contributed by atoms with Crippen LogP contribution in [-0.4, -0.2) is 23.5 Å². The van der Waals surface area contributed by atoms with E-state index in [1.807, 2.05) is 0 Å². The second-order valence-corrected chi connectivity index (χ2v) is 6.11. The smallest absolute Gasteiger partial charge is 0.270 e. The van der Waals surface area contributed by atoms with E-state index in [4.69, 9.17) is 21.1 Å². The van der Waals surface area contributed by atoms with Crippen molar-refractivity contribution in [1.29, 1.82) is 0 Å². The predicted octanol–water partition coefficient (Wildman–Crippen LogP) is 2.59. The molecular weight excluding hydrogens is 390 g/mol. The summed E-state index contributed by atoms with van der Waals surface area (Å²) in [5.41, 5.74) is 5.51. The third-order valence-electron chi connectivity index (χ3n) is 3.75. The van der Waals surface area contributed by atoms with Gasteiger partial charge in [0.2, 0.25) is 0 Å². The minimum absolute atomic E-state index is 0.00893. The predicted molar refractivity (Wildman–Crippen MR) is 99.5 cm³/mol. The number of fused-ring (bicyclic) bond motifs is 1. The number of rotatable bonds is 4. The molecule has 0 atom stereocenters. The van der Waals surface area contributed by atoms with E-state index < -0.39 is 16.7 Å². The summed E-state index contributed by atoms with van der Waals surface area (Å²) >= 11 is 5.75. The van der Waals surface area contributed by atoms with E-state index in [1.54, 1.807) is 12.1 Å². The maximum atomic E-state index is 12.0. The molecule has 2 N–H and O–H groups in total. The first-order valence-corrected chi connectivity index (χ1v) is 8.37. The van der Waals surface area contributed by atoms with Gasteiger partial charge in [-0.2, -0.15) is 0 Å². The number of non-ortho nitro benzene ring substituents is 1. The van der Waals surface area contributed by atoms with Crippen LogP contribution in [0.2, 0.25) is 5.02 Å². The molecule has 0 aromatic heterocycles. The Hall–Kier alpha value is -3.43. The number of nitrogens with zero attached hydrogens (tertiary/aromatic N) is 1. The van der Waals surface area contributed by atoms with E-state index in [0.29, 0.717) is 27.5 Å². The van der Waals surface area contributed by atoms with Crippen LogP contribution in [-0.2, 0) is 16.1 Å². The van der Waals surface area contributed by atoms with Crippen LogP contribution in [0.15, 0.2) is 42.5 Å². The number of halogens is 1. The highest BCUT2D eigenvalue weighted by atomic mass is 35.5. The van der Waals surface area contributed by atoms with E-state index >= 15 is 0 Å². The van der Waals surface area contributed by atoms with E-state index in [1.165, 1.54) is 30.3 Å². The molecule has 0 aliphatic carbocycles. The first-order valence-electron chi connectivity index (χ1n) is 8.00. The lowest BCUT2D eigenvalue weighted by Gasteiger charge is -2.19. The Morgan fingerprint density at radius 1 is 1.18 bits per heavy atom. The molecule has 3 rings (SSSR count). The Labute approximate surface area is 164 Å². The summed E-state index contributed by atoms with van der Waals surface area (Å²) < 4.78 is 10.5. The average molecular weight is 404 g/mol. The first kappa shape index (κ1) is 19.3. The minimum atomic E-state index is -0.630. The highest BCUT2D eigenvalue weighted by molar-refractivity contribution is 6.30. The Bertz CT molecular complexity index is 959. The SMILES string of the molecule is O=C(/C=C/c1cc([N+](=O)[O-])cc2c1OCOC2)NNC(=O)c1ccc(Cl)cc1. The van der Waals surface area contributed by atoms with Crippen LogP contribution in [0.5, 0.6) is 5.75 Å². The molecule has 1 aliphatic rings. The number of ether oxygens (including phenoxy) is 2. The van der Waals surface area contributed by atoms with Gasteiger partial charge in [0.05, 0.1) is 11.5 Å². The van der Waals surface area contributed by atoms with E-state index in [0.717, 1.165) is 6.08 Å². The van der Waals surface area contributed by atoms with Crippen LogP contribution in [0.25, 0.3) is 6.08 Å². The second-order valence-electron chi connectivity index (χ2n) is 5.67. The Balaban J connectivity index is 1.68. The van der Waals surface area contributed by atoms with Crippen LogP contribution >= 0.6 is 11.6 Å². The molecule has 2 amide bonds. The van der Waals surface area contributed by atoms with Crippen molar-refractivity contribution >= 4 is 35.2 Å². The number of benzene rings is 2. The number of nitro groups is 1. The summed E-state index contributed by atoms with van der Waals surface area (Å²) in [6.07, 6.45) is 2.49. The van der Waals surface area contributed by atoms with Gasteiger partial charge in [0.15, 0.2) is 6.79 Å². The van der Waals surface area contributed by atoms with Crippen molar-refractivity contribution in [2.45, 2.75) is 6.61 Å². The summed E-state index contributed by atoms with van der Waals surface area (Å²) in [6.45, 7) is 0.177. The maximum Gasteiger partial charge on any atom is 0.270 e. The van der Waals surface area contributed by atoms with Gasteiger partial charge in [0, 0.05) is 39.9 Å². The lowest BCUT2D eigenvalue weighted by molar-refractivity contribution is -0.385. The number of nitrogens with one attached hydrogen (secondary N) is 2. The van der Waals surface area contributed by atoms with Crippen molar-refractivity contribution in [3.63, 3.8) is 0 Å². The second kappa shape index (κ2) is 8.51. The summed E-state index contributed by atoms with van der Waals surface area (Å²) in [5, 5.41) is 11.6. The van der Waals surface area contributed by atoms with Crippen LogP contribution in [0.4, 0.5) is 5.69 Å². The molecule has 144 valence electrons. The number of carbonyl (C=O) groups excluding carboxylic acids is 2. The van der Waals surface area contributed by atoms with Crippen LogP contribution < -0.4 is 15.6 Å². The molecule has 0 bridgehead atoms. The molecule has 2 aromatic carbocycles. The third-order valence-corrected chi connectivity index (χ3v) is 4.01. The van der Waals surface area contributed by atoms with Gasteiger partial charge in [-0.15, -0.1) is 0 Å². The lowest BCUT2D eigenvalue weighted by atomic mass is 10.1. The normalized spacial score (nSPS) is 12.8. The molecule has 0 fully saturated rings. The van der Waals surface area contributed by atoms with Gasteiger partial charge >= 0.3 is 0 Å². The molecular formula is C18H14ClN3O6. The molecule has 0 spiro atoms. The van der Waals surface area contributed by atoms with Crippen molar-refractivity contribution in [1.82, 2.24) is 10.9 Å². The molecule has 2 aromatic rings. The molecule has 0 saturated carbocycles. The van der Waals surface area contributed by atoms with Crippen LogP contribution in [0, 0.1) is 10.1 Å². The number of hydrogen-bond donors (Lipinski definition) is 2. The van der Waals surface area contributed by atoms with Gasteiger partial charge in [-0.05, 0) is 30.3 Å². The molecule has 1 aliphatic heterocycles. The molecule has 0 radical (unpaired) electrons. The number of hydrazine groups is 1. The van der Waals surface area contributed by atoms with E-state index in [9.17, 15) is 19.7 Å². The van der Waals surface area contributed by atoms with Crippen molar-refractivity contribution in [2.75, 3.05) is 6.79 Å². The summed E-state index contributed by atoms with van der Waals surface area (Å²) in [5.74, 6) is -0.743. The zero-order chi connectivity index (χ0) is 20.1. The Morgan fingerprint density at radius 3 is 2.64 bits per heavy atom. The van der Waals surface area contributed by atoms with Gasteiger partial charge in [0.1, 0.15) is 5.75 Å². The number of hydrogen-bond acceptors (Lipinski definition) is 6. The van der Waals surface area contributed by atoms with Crippen LogP contribution in [0.3, 0.4) is 0 Å². The van der Waals surface area contributed by atoms with Crippen molar-refractivity contribution < 1.29 is 24.0 Å². The van der Waals surface area contributed by atoms with Gasteiger partial charge in [0.25, 0.3) is 17.5 Å². The van der Waals surface area contributed by atoms with E-state index in [2.05, 4.69) is 10.9 Å². The maximum absolute atomic E-state index is 12.0. The number of nitro benzene ring substituents is 1. The average Bonchev–Trinajstić information content (AvgIpc) is 2.70. The van der Waals surface area contributed by atoms with Crippen molar-refractivity contribution in [2.24, 2.45) is 0 Å². The van der Waals surface area contributed by atoms with Gasteiger partial charge < -0.3 is 9.47 Å². The molecule has 0 saturated heterocycles. The summed E-state index contributed by atoms with van der Waals surface area (Å²) in [7, 11) is 0. The Morgan fingerprint density at radius 2 is 1.93 bits per heavy atom. The monoisotopic (exact) mass is 403 g/mol. The first-order chi connectivity index (χ1) is 13.4. The highest BCUT2D eigenvalue weighted by Crippen LogP contribution is 2.33. The topological polar surface area (TPSA) is 120 Å². The number of carbonyl (C=O) groups is 2. The zero-order valence-electron chi connectivity index (χ0n) is 14.3. The van der Waals surface area contributed by atoms with Crippen molar-refractivity contribution in [3.8, 4) is 5.75 Å². The fourth-order valence-electron chi connectivity index (χ4n) is 2.46. The molecule has 9 nitrogen and oxygen atoms in total. The summed E-state index contributed by atoms with van der Waals surface area (Å²) in [4.78, 5) is 34.4. The summed E-state index contributed by atoms with van der Waals surface area (Å²) in [6, 6.07) is 8.77. The van der Waals surface area contributed by atoms with Gasteiger partial charge in [-0.25, -0.2) is 0 Å². The quantitative estimate of drug-likeness (QED) is 0.460.